The van der Waals surface area contributed by atoms with Crippen LogP contribution in [0.25, 0.3) is 11.8 Å². The second kappa shape index (κ2) is 9.36. The first kappa shape index (κ1) is 19.9. The van der Waals surface area contributed by atoms with Crippen molar-refractivity contribution in [2.75, 3.05) is 21.3 Å². The molecule has 2 heterocycles. The lowest BCUT2D eigenvalue weighted by atomic mass is 10.1. The Labute approximate surface area is 167 Å². The molecule has 0 unspecified atom stereocenters. The summed E-state index contributed by atoms with van der Waals surface area (Å²) in [5, 5.41) is 10.8. The molecule has 0 radical (unpaired) electrons. The molecule has 9 nitrogen and oxygen atoms in total. The third kappa shape index (κ3) is 4.89. The van der Waals surface area contributed by atoms with E-state index in [2.05, 4.69) is 20.6 Å². The van der Waals surface area contributed by atoms with E-state index in [0.717, 1.165) is 11.3 Å². The quantitative estimate of drug-likeness (QED) is 0.582. The van der Waals surface area contributed by atoms with Crippen LogP contribution in [0.1, 0.15) is 11.3 Å². The lowest BCUT2D eigenvalue weighted by molar-refractivity contribution is -0.116. The van der Waals surface area contributed by atoms with Crippen molar-refractivity contribution in [2.24, 2.45) is 0 Å². The molecule has 0 spiro atoms. The van der Waals surface area contributed by atoms with Gasteiger partial charge in [0.05, 0.1) is 46.0 Å². The Morgan fingerprint density at radius 3 is 2.55 bits per heavy atom. The van der Waals surface area contributed by atoms with Crippen molar-refractivity contribution in [3.63, 3.8) is 0 Å². The van der Waals surface area contributed by atoms with Crippen molar-refractivity contribution >= 4 is 12.0 Å². The predicted molar refractivity (Wildman–Crippen MR) is 106 cm³/mol. The summed E-state index contributed by atoms with van der Waals surface area (Å²) in [6.45, 7) is 0.249. The number of aromatic nitrogens is 4. The third-order valence-electron chi connectivity index (χ3n) is 4.01. The Morgan fingerprint density at radius 2 is 1.93 bits per heavy atom. The van der Waals surface area contributed by atoms with Crippen LogP contribution < -0.4 is 19.5 Å². The van der Waals surface area contributed by atoms with Crippen LogP contribution in [0.5, 0.6) is 17.2 Å². The van der Waals surface area contributed by atoms with E-state index in [1.165, 1.54) is 27.4 Å². The molecule has 3 aromatic rings. The first-order valence-corrected chi connectivity index (χ1v) is 8.72. The van der Waals surface area contributed by atoms with Gasteiger partial charge in [0.2, 0.25) is 11.7 Å². The molecule has 2 aromatic heterocycles. The van der Waals surface area contributed by atoms with E-state index < -0.39 is 0 Å². The van der Waals surface area contributed by atoms with E-state index in [9.17, 15) is 4.79 Å². The molecular formula is C20H21N5O4. The first-order valence-electron chi connectivity index (χ1n) is 8.72. The number of carbonyl (C=O) groups excluding carboxylic acids is 1. The van der Waals surface area contributed by atoms with Crippen LogP contribution >= 0.6 is 0 Å². The maximum atomic E-state index is 12.1. The van der Waals surface area contributed by atoms with E-state index in [-0.39, 0.29) is 12.5 Å². The van der Waals surface area contributed by atoms with Crippen LogP contribution in [0.3, 0.4) is 0 Å². The summed E-state index contributed by atoms with van der Waals surface area (Å²) in [4.78, 5) is 16.2. The monoisotopic (exact) mass is 395 g/mol. The first-order chi connectivity index (χ1) is 14.1. The van der Waals surface area contributed by atoms with Crippen LogP contribution in [0.2, 0.25) is 0 Å². The van der Waals surface area contributed by atoms with Crippen molar-refractivity contribution in [1.82, 2.24) is 25.3 Å². The van der Waals surface area contributed by atoms with Crippen molar-refractivity contribution < 1.29 is 19.0 Å². The Hall–Kier alpha value is -3.88. The summed E-state index contributed by atoms with van der Waals surface area (Å²) < 4.78 is 17.5. The number of carbonyl (C=O) groups is 1. The molecule has 1 amide bonds. The number of ether oxygens (including phenoxy) is 3. The van der Waals surface area contributed by atoms with Gasteiger partial charge in [0, 0.05) is 12.3 Å². The molecule has 0 atom stereocenters. The SMILES string of the molecule is COc1cc(/C=C/C(=O)NCc2cn(-c3cccnc3)nn2)cc(OC)c1OC. The molecule has 0 saturated heterocycles. The smallest absolute Gasteiger partial charge is 0.244 e. The Kier molecular flexibility index (Phi) is 6.41. The highest BCUT2D eigenvalue weighted by Crippen LogP contribution is 2.38. The van der Waals surface area contributed by atoms with Gasteiger partial charge in [0.1, 0.15) is 5.69 Å². The fraction of sp³-hybridized carbons (Fsp3) is 0.200. The lowest BCUT2D eigenvalue weighted by Crippen LogP contribution is -2.20. The van der Waals surface area contributed by atoms with Gasteiger partial charge in [-0.15, -0.1) is 5.10 Å². The number of benzene rings is 1. The average molecular weight is 395 g/mol. The van der Waals surface area contributed by atoms with Gasteiger partial charge in [-0.2, -0.15) is 0 Å². The largest absolute Gasteiger partial charge is 0.493 e. The number of nitrogens with one attached hydrogen (secondary N) is 1. The molecule has 0 aliphatic carbocycles. The maximum absolute atomic E-state index is 12.1. The fourth-order valence-electron chi connectivity index (χ4n) is 2.60. The van der Waals surface area contributed by atoms with Crippen LogP contribution in [0, 0.1) is 0 Å². The molecule has 1 aromatic carbocycles. The van der Waals surface area contributed by atoms with E-state index >= 15 is 0 Å². The average Bonchev–Trinajstić information content (AvgIpc) is 3.25. The van der Waals surface area contributed by atoms with Gasteiger partial charge >= 0.3 is 0 Å². The van der Waals surface area contributed by atoms with Gasteiger partial charge in [0.25, 0.3) is 0 Å². The van der Waals surface area contributed by atoms with Crippen molar-refractivity contribution in [1.29, 1.82) is 0 Å². The molecule has 0 fully saturated rings. The Bertz CT molecular complexity index is 976. The van der Waals surface area contributed by atoms with Gasteiger partial charge < -0.3 is 19.5 Å². The van der Waals surface area contributed by atoms with Crippen LogP contribution in [-0.4, -0.2) is 47.2 Å². The molecule has 150 valence electrons. The third-order valence-corrected chi connectivity index (χ3v) is 4.01. The second-order valence-corrected chi connectivity index (χ2v) is 5.88. The fourth-order valence-corrected chi connectivity index (χ4v) is 2.60. The van der Waals surface area contributed by atoms with Crippen LogP contribution in [0.15, 0.2) is 48.9 Å². The second-order valence-electron chi connectivity index (χ2n) is 5.88. The Balaban J connectivity index is 1.62. The molecule has 1 N–H and O–H groups in total. The molecule has 0 bridgehead atoms. The van der Waals surface area contributed by atoms with E-state index in [1.807, 2.05) is 12.1 Å². The Morgan fingerprint density at radius 1 is 1.17 bits per heavy atom. The highest BCUT2D eigenvalue weighted by molar-refractivity contribution is 5.91. The van der Waals surface area contributed by atoms with Gasteiger partial charge in [-0.05, 0) is 35.9 Å². The van der Waals surface area contributed by atoms with E-state index in [4.69, 9.17) is 14.2 Å². The van der Waals surface area contributed by atoms with Crippen LogP contribution in [0.4, 0.5) is 0 Å². The topological polar surface area (TPSA) is 100 Å². The molecule has 0 saturated carbocycles. The lowest BCUT2D eigenvalue weighted by Gasteiger charge is -2.12. The minimum absolute atomic E-state index is 0.249. The predicted octanol–water partition coefficient (Wildman–Crippen LogP) is 2.02. The number of hydrogen-bond acceptors (Lipinski definition) is 7. The van der Waals surface area contributed by atoms with E-state index in [1.54, 1.807) is 41.5 Å². The molecule has 0 aliphatic rings. The zero-order valence-corrected chi connectivity index (χ0v) is 16.3. The molecule has 9 heteroatoms. The van der Waals surface area contributed by atoms with Crippen molar-refractivity contribution in [2.45, 2.75) is 6.54 Å². The molecule has 3 rings (SSSR count). The zero-order chi connectivity index (χ0) is 20.6. The summed E-state index contributed by atoms with van der Waals surface area (Å²) in [6, 6.07) is 7.19. The highest BCUT2D eigenvalue weighted by Gasteiger charge is 2.12. The molecular weight excluding hydrogens is 374 g/mol. The summed E-state index contributed by atoms with van der Waals surface area (Å²) in [6.07, 6.45) is 8.18. The van der Waals surface area contributed by atoms with Crippen molar-refractivity contribution in [3.05, 3.63) is 60.2 Å². The minimum Gasteiger partial charge on any atom is -0.493 e. The standard InChI is InChI=1S/C20H21N5O4/c1-27-17-9-14(10-18(28-2)20(17)29-3)6-7-19(26)22-11-15-13-25(24-23-15)16-5-4-8-21-12-16/h4-10,12-13H,11H2,1-3H3,(H,22,26)/b7-6+. The summed E-state index contributed by atoms with van der Waals surface area (Å²) in [5.74, 6) is 1.25. The number of nitrogens with zero attached hydrogens (tertiary/aromatic N) is 4. The molecule has 29 heavy (non-hydrogen) atoms. The summed E-state index contributed by atoms with van der Waals surface area (Å²) in [5.41, 5.74) is 2.15. The number of pyridine rings is 1. The molecule has 0 aliphatic heterocycles. The number of amides is 1. The number of hydrogen-bond donors (Lipinski definition) is 1. The van der Waals surface area contributed by atoms with Crippen molar-refractivity contribution in [3.8, 4) is 22.9 Å². The number of methoxy groups -OCH3 is 3. The minimum atomic E-state index is -0.269. The van der Waals surface area contributed by atoms with E-state index in [0.29, 0.717) is 22.9 Å². The zero-order valence-electron chi connectivity index (χ0n) is 16.3. The maximum Gasteiger partial charge on any atom is 0.244 e. The van der Waals surface area contributed by atoms with Gasteiger partial charge in [0.15, 0.2) is 11.5 Å². The number of rotatable bonds is 8. The normalized spacial score (nSPS) is 10.7. The summed E-state index contributed by atoms with van der Waals surface area (Å²) >= 11 is 0. The van der Waals surface area contributed by atoms with Gasteiger partial charge in [-0.3, -0.25) is 9.78 Å². The van der Waals surface area contributed by atoms with Gasteiger partial charge in [-0.1, -0.05) is 5.21 Å². The van der Waals surface area contributed by atoms with Crippen LogP contribution in [-0.2, 0) is 11.3 Å². The summed E-state index contributed by atoms with van der Waals surface area (Å²) in [7, 11) is 4.61. The van der Waals surface area contributed by atoms with Gasteiger partial charge in [-0.25, -0.2) is 4.68 Å². The highest BCUT2D eigenvalue weighted by atomic mass is 16.5.